The Labute approximate surface area is 126 Å². The molecule has 1 atom stereocenters. The first-order chi connectivity index (χ1) is 8.56. The van der Waals surface area contributed by atoms with E-state index >= 15 is 0 Å². The second-order valence-electron chi connectivity index (χ2n) is 3.81. The van der Waals surface area contributed by atoms with Crippen LogP contribution in [-0.2, 0) is 16.1 Å². The van der Waals surface area contributed by atoms with E-state index in [0.29, 0.717) is 17.6 Å². The smallest absolute Gasteiger partial charge is 0.222 e. The number of amides is 1. The zero-order valence-corrected chi connectivity index (χ0v) is 12.9. The Morgan fingerprint density at radius 2 is 2.26 bits per heavy atom. The standard InChI is InChI=1S/C12H16BrFN2O2.ClH/c1-18-10(6-15)5-12(17)16-7-8-2-3-9(14)4-11(8)13;/h2-4,10H,5-7,15H2,1H3,(H,16,17);1H. The number of nitrogens with two attached hydrogens (primary N) is 1. The van der Waals surface area contributed by atoms with Crippen LogP contribution in [0.15, 0.2) is 22.7 Å². The molecule has 0 fully saturated rings. The van der Waals surface area contributed by atoms with Crippen LogP contribution in [0.3, 0.4) is 0 Å². The van der Waals surface area contributed by atoms with Crippen molar-refractivity contribution in [1.29, 1.82) is 0 Å². The van der Waals surface area contributed by atoms with Crippen LogP contribution < -0.4 is 11.1 Å². The number of nitrogens with one attached hydrogen (secondary N) is 1. The summed E-state index contributed by atoms with van der Waals surface area (Å²) in [7, 11) is 1.52. The molecule has 1 aromatic rings. The van der Waals surface area contributed by atoms with Crippen molar-refractivity contribution in [2.45, 2.75) is 19.1 Å². The molecule has 1 amide bonds. The number of halogens is 3. The van der Waals surface area contributed by atoms with Crippen LogP contribution in [0.5, 0.6) is 0 Å². The molecular formula is C12H17BrClFN2O2. The predicted octanol–water partition coefficient (Wildman–Crippen LogP) is 1.99. The normalized spacial score (nSPS) is 11.6. The van der Waals surface area contributed by atoms with Crippen LogP contribution in [0, 0.1) is 5.82 Å². The van der Waals surface area contributed by atoms with Gasteiger partial charge in [0.05, 0.1) is 12.5 Å². The van der Waals surface area contributed by atoms with E-state index < -0.39 is 0 Å². The highest BCUT2D eigenvalue weighted by atomic mass is 79.9. The van der Waals surface area contributed by atoms with E-state index in [0.717, 1.165) is 5.56 Å². The van der Waals surface area contributed by atoms with Crippen LogP contribution >= 0.6 is 28.3 Å². The van der Waals surface area contributed by atoms with Gasteiger partial charge in [-0.2, -0.15) is 0 Å². The average molecular weight is 356 g/mol. The summed E-state index contributed by atoms with van der Waals surface area (Å²) in [6.45, 7) is 0.630. The zero-order valence-electron chi connectivity index (χ0n) is 10.5. The van der Waals surface area contributed by atoms with Gasteiger partial charge in [0, 0.05) is 24.7 Å². The van der Waals surface area contributed by atoms with Gasteiger partial charge in [-0.25, -0.2) is 4.39 Å². The van der Waals surface area contributed by atoms with E-state index in [-0.39, 0.29) is 36.7 Å². The summed E-state index contributed by atoms with van der Waals surface area (Å²) in [5.41, 5.74) is 6.24. The molecule has 1 unspecified atom stereocenters. The Balaban J connectivity index is 0.00000324. The van der Waals surface area contributed by atoms with Gasteiger partial charge in [0.1, 0.15) is 5.82 Å². The number of carbonyl (C=O) groups excluding carboxylic acids is 1. The second-order valence-corrected chi connectivity index (χ2v) is 4.66. The molecule has 4 nitrogen and oxygen atoms in total. The largest absolute Gasteiger partial charge is 0.380 e. The Kier molecular flexibility index (Phi) is 8.92. The second kappa shape index (κ2) is 9.25. The van der Waals surface area contributed by atoms with Crippen LogP contribution in [0.4, 0.5) is 4.39 Å². The van der Waals surface area contributed by atoms with Gasteiger partial charge in [-0.3, -0.25) is 4.79 Å². The van der Waals surface area contributed by atoms with E-state index in [2.05, 4.69) is 21.2 Å². The molecule has 19 heavy (non-hydrogen) atoms. The number of benzene rings is 1. The summed E-state index contributed by atoms with van der Waals surface area (Å²) >= 11 is 3.24. The third-order valence-corrected chi connectivity index (χ3v) is 3.24. The number of rotatable bonds is 6. The van der Waals surface area contributed by atoms with E-state index in [9.17, 15) is 9.18 Å². The molecule has 7 heteroatoms. The molecule has 0 bridgehead atoms. The first-order valence-electron chi connectivity index (χ1n) is 5.50. The van der Waals surface area contributed by atoms with E-state index in [4.69, 9.17) is 10.5 Å². The quantitative estimate of drug-likeness (QED) is 0.820. The molecule has 0 aliphatic rings. The van der Waals surface area contributed by atoms with Gasteiger partial charge < -0.3 is 15.8 Å². The van der Waals surface area contributed by atoms with Crippen molar-refractivity contribution in [2.75, 3.05) is 13.7 Å². The predicted molar refractivity (Wildman–Crippen MR) is 77.7 cm³/mol. The van der Waals surface area contributed by atoms with Gasteiger partial charge in [-0.15, -0.1) is 12.4 Å². The molecule has 1 rings (SSSR count). The monoisotopic (exact) mass is 354 g/mol. The first-order valence-corrected chi connectivity index (χ1v) is 6.29. The number of hydrogen-bond acceptors (Lipinski definition) is 3. The molecule has 0 spiro atoms. The fourth-order valence-corrected chi connectivity index (χ4v) is 1.89. The third-order valence-electron chi connectivity index (χ3n) is 2.50. The highest BCUT2D eigenvalue weighted by molar-refractivity contribution is 9.10. The number of ether oxygens (including phenoxy) is 1. The van der Waals surface area contributed by atoms with Crippen molar-refractivity contribution >= 4 is 34.2 Å². The molecule has 0 heterocycles. The highest BCUT2D eigenvalue weighted by Gasteiger charge is 2.11. The van der Waals surface area contributed by atoms with Crippen molar-refractivity contribution in [3.8, 4) is 0 Å². The minimum Gasteiger partial charge on any atom is -0.380 e. The zero-order chi connectivity index (χ0) is 13.5. The van der Waals surface area contributed by atoms with Gasteiger partial charge in [0.2, 0.25) is 5.91 Å². The SMILES string of the molecule is COC(CN)CC(=O)NCc1ccc(F)cc1Br.Cl. The maximum Gasteiger partial charge on any atom is 0.222 e. The Morgan fingerprint density at radius 3 is 2.79 bits per heavy atom. The van der Waals surface area contributed by atoms with Crippen molar-refractivity contribution in [2.24, 2.45) is 5.73 Å². The lowest BCUT2D eigenvalue weighted by atomic mass is 10.2. The maximum absolute atomic E-state index is 12.9. The Hall–Kier alpha value is -0.690. The molecule has 3 N–H and O–H groups in total. The minimum absolute atomic E-state index is 0. The molecule has 0 aromatic heterocycles. The van der Waals surface area contributed by atoms with Crippen molar-refractivity contribution < 1.29 is 13.9 Å². The molecule has 0 aliphatic heterocycles. The fourth-order valence-electron chi connectivity index (χ4n) is 1.40. The first kappa shape index (κ1) is 18.3. The average Bonchev–Trinajstić information content (AvgIpc) is 2.35. The molecular weight excluding hydrogens is 338 g/mol. The Bertz CT molecular complexity index is 417. The van der Waals surface area contributed by atoms with E-state index in [1.807, 2.05) is 0 Å². The van der Waals surface area contributed by atoms with Crippen LogP contribution in [0.1, 0.15) is 12.0 Å². The van der Waals surface area contributed by atoms with Crippen molar-refractivity contribution in [3.05, 3.63) is 34.1 Å². The van der Waals surface area contributed by atoms with Gasteiger partial charge in [-0.05, 0) is 17.7 Å². The van der Waals surface area contributed by atoms with Crippen LogP contribution in [0.2, 0.25) is 0 Å². The molecule has 1 aromatic carbocycles. The molecule has 0 saturated carbocycles. The minimum atomic E-state index is -0.320. The molecule has 0 aliphatic carbocycles. The summed E-state index contributed by atoms with van der Waals surface area (Å²) in [5.74, 6) is -0.469. The number of hydrogen-bond donors (Lipinski definition) is 2. The fraction of sp³-hybridized carbons (Fsp3) is 0.417. The number of methoxy groups -OCH3 is 1. The third kappa shape index (κ3) is 6.33. The summed E-state index contributed by atoms with van der Waals surface area (Å²) in [6, 6.07) is 4.33. The van der Waals surface area contributed by atoms with Crippen LogP contribution in [-0.4, -0.2) is 25.7 Å². The van der Waals surface area contributed by atoms with Gasteiger partial charge >= 0.3 is 0 Å². The lowest BCUT2D eigenvalue weighted by Gasteiger charge is -2.13. The van der Waals surface area contributed by atoms with E-state index in [1.165, 1.54) is 19.2 Å². The lowest BCUT2D eigenvalue weighted by molar-refractivity contribution is -0.123. The summed E-state index contributed by atoms with van der Waals surface area (Å²) in [6.07, 6.45) is -0.0621. The lowest BCUT2D eigenvalue weighted by Crippen LogP contribution is -2.31. The number of carbonyl (C=O) groups is 1. The van der Waals surface area contributed by atoms with E-state index in [1.54, 1.807) is 6.07 Å². The van der Waals surface area contributed by atoms with Gasteiger partial charge in [-0.1, -0.05) is 22.0 Å². The van der Waals surface area contributed by atoms with Crippen LogP contribution in [0.25, 0.3) is 0 Å². The maximum atomic E-state index is 12.9. The van der Waals surface area contributed by atoms with Crippen molar-refractivity contribution in [1.82, 2.24) is 5.32 Å². The highest BCUT2D eigenvalue weighted by Crippen LogP contribution is 2.17. The molecule has 108 valence electrons. The summed E-state index contributed by atoms with van der Waals surface area (Å²) in [5, 5.41) is 2.73. The summed E-state index contributed by atoms with van der Waals surface area (Å²) in [4.78, 5) is 11.6. The van der Waals surface area contributed by atoms with Crippen molar-refractivity contribution in [3.63, 3.8) is 0 Å². The topological polar surface area (TPSA) is 64.3 Å². The van der Waals surface area contributed by atoms with Gasteiger partial charge in [0.25, 0.3) is 0 Å². The Morgan fingerprint density at radius 1 is 1.58 bits per heavy atom. The molecule has 0 radical (unpaired) electrons. The summed E-state index contributed by atoms with van der Waals surface area (Å²) < 4.78 is 18.5. The molecule has 0 saturated heterocycles. The van der Waals surface area contributed by atoms with Gasteiger partial charge in [0.15, 0.2) is 0 Å².